The van der Waals surface area contributed by atoms with E-state index >= 15 is 0 Å². The summed E-state index contributed by atoms with van der Waals surface area (Å²) in [5, 5.41) is 22.7. The van der Waals surface area contributed by atoms with Gasteiger partial charge in [-0.3, -0.25) is 5.10 Å². The number of piperidine rings is 1. The Labute approximate surface area is 154 Å². The Balaban J connectivity index is 1.64. The molecule has 2 aromatic carbocycles. The number of nitrogens with zero attached hydrogens (tertiary/aromatic N) is 1. The minimum absolute atomic E-state index is 0.00788. The fraction of sp³-hybridized carbons (Fsp3) is 0.350. The highest BCUT2D eigenvalue weighted by atomic mass is 19.4. The minimum Gasteiger partial charge on any atom is -0.385 e. The first-order valence-corrected chi connectivity index (χ1v) is 8.84. The van der Waals surface area contributed by atoms with Gasteiger partial charge in [-0.2, -0.15) is 18.3 Å². The van der Waals surface area contributed by atoms with Crippen LogP contribution in [0.25, 0.3) is 10.9 Å². The van der Waals surface area contributed by atoms with Gasteiger partial charge in [0.25, 0.3) is 0 Å². The second kappa shape index (κ2) is 6.35. The number of aliphatic hydroxyl groups is 1. The molecule has 3 N–H and O–H groups in total. The Kier molecular flexibility index (Phi) is 4.24. The van der Waals surface area contributed by atoms with Crippen LogP contribution in [0.3, 0.4) is 0 Å². The van der Waals surface area contributed by atoms with E-state index in [9.17, 15) is 18.3 Å². The van der Waals surface area contributed by atoms with E-state index < -0.39 is 17.3 Å². The van der Waals surface area contributed by atoms with Gasteiger partial charge in [0.15, 0.2) is 0 Å². The van der Waals surface area contributed by atoms with Crippen molar-refractivity contribution in [2.45, 2.75) is 43.6 Å². The quantitative estimate of drug-likeness (QED) is 0.626. The zero-order chi connectivity index (χ0) is 19.2. The van der Waals surface area contributed by atoms with Crippen molar-refractivity contribution in [3.63, 3.8) is 0 Å². The molecule has 27 heavy (non-hydrogen) atoms. The summed E-state index contributed by atoms with van der Waals surface area (Å²) in [5.74, 6) is 0. The van der Waals surface area contributed by atoms with Crippen molar-refractivity contribution < 1.29 is 18.3 Å². The summed E-state index contributed by atoms with van der Waals surface area (Å²) in [7, 11) is 0. The lowest BCUT2D eigenvalue weighted by Crippen LogP contribution is -2.46. The molecule has 1 unspecified atom stereocenters. The topological polar surface area (TPSA) is 60.9 Å². The number of alkyl halides is 3. The van der Waals surface area contributed by atoms with Crippen LogP contribution in [0.4, 0.5) is 13.2 Å². The van der Waals surface area contributed by atoms with E-state index in [2.05, 4.69) is 15.5 Å². The van der Waals surface area contributed by atoms with Gasteiger partial charge in [0.05, 0.1) is 22.9 Å². The Hall–Kier alpha value is -2.38. The monoisotopic (exact) mass is 375 g/mol. The SMILES string of the molecule is C[C@H]1CC(O)(c2ccc(C(F)(F)F)cc2)C[C@@H](c2ccc3cn[nH]c3c2)N1. The highest BCUT2D eigenvalue weighted by Crippen LogP contribution is 2.41. The van der Waals surface area contributed by atoms with Gasteiger partial charge in [0, 0.05) is 17.5 Å². The number of aromatic nitrogens is 2. The van der Waals surface area contributed by atoms with Crippen molar-refractivity contribution in [1.82, 2.24) is 15.5 Å². The number of benzene rings is 2. The number of hydrogen-bond donors (Lipinski definition) is 3. The fourth-order valence-electron chi connectivity index (χ4n) is 3.98. The van der Waals surface area contributed by atoms with Crippen molar-refractivity contribution in [3.8, 4) is 0 Å². The lowest BCUT2D eigenvalue weighted by atomic mass is 9.77. The molecule has 1 fully saturated rings. The van der Waals surface area contributed by atoms with E-state index in [1.807, 2.05) is 25.1 Å². The molecule has 0 saturated carbocycles. The molecule has 0 aliphatic carbocycles. The molecular weight excluding hydrogens is 355 g/mol. The van der Waals surface area contributed by atoms with Crippen molar-refractivity contribution >= 4 is 10.9 Å². The minimum atomic E-state index is -4.38. The second-order valence-corrected chi connectivity index (χ2v) is 7.35. The number of aromatic amines is 1. The molecule has 7 heteroatoms. The average molecular weight is 375 g/mol. The molecular formula is C20H20F3N3O. The van der Waals surface area contributed by atoms with E-state index in [4.69, 9.17) is 0 Å². The van der Waals surface area contributed by atoms with Crippen LogP contribution in [0, 0.1) is 0 Å². The zero-order valence-electron chi connectivity index (χ0n) is 14.7. The molecule has 4 nitrogen and oxygen atoms in total. The number of halogens is 3. The number of hydrogen-bond acceptors (Lipinski definition) is 3. The lowest BCUT2D eigenvalue weighted by Gasteiger charge is -2.41. The zero-order valence-corrected chi connectivity index (χ0v) is 14.7. The van der Waals surface area contributed by atoms with Gasteiger partial charge >= 0.3 is 6.18 Å². The predicted octanol–water partition coefficient (Wildman–Crippen LogP) is 4.28. The first kappa shape index (κ1) is 18.0. The molecule has 3 atom stereocenters. The number of fused-ring (bicyclic) bond motifs is 1. The smallest absolute Gasteiger partial charge is 0.385 e. The molecule has 142 valence electrons. The molecule has 1 aliphatic rings. The molecule has 0 radical (unpaired) electrons. The third-order valence-electron chi connectivity index (χ3n) is 5.29. The number of H-pyrrole nitrogens is 1. The van der Waals surface area contributed by atoms with Crippen LogP contribution in [0.2, 0.25) is 0 Å². The molecule has 2 heterocycles. The van der Waals surface area contributed by atoms with Gasteiger partial charge in [-0.25, -0.2) is 0 Å². The molecule has 1 aliphatic heterocycles. The Morgan fingerprint density at radius 2 is 1.85 bits per heavy atom. The Morgan fingerprint density at radius 3 is 2.56 bits per heavy atom. The number of rotatable bonds is 2. The van der Waals surface area contributed by atoms with Gasteiger partial charge in [-0.05, 0) is 49.1 Å². The number of nitrogens with one attached hydrogen (secondary N) is 2. The Bertz CT molecular complexity index is 951. The summed E-state index contributed by atoms with van der Waals surface area (Å²) in [4.78, 5) is 0. The van der Waals surface area contributed by atoms with E-state index in [0.717, 1.165) is 28.6 Å². The maximum Gasteiger partial charge on any atom is 0.416 e. The Morgan fingerprint density at radius 1 is 1.11 bits per heavy atom. The van der Waals surface area contributed by atoms with Crippen LogP contribution >= 0.6 is 0 Å². The highest BCUT2D eigenvalue weighted by Gasteiger charge is 2.40. The average Bonchev–Trinajstić information content (AvgIpc) is 3.08. The van der Waals surface area contributed by atoms with E-state index in [1.165, 1.54) is 12.1 Å². The molecule has 0 bridgehead atoms. The van der Waals surface area contributed by atoms with E-state index in [-0.39, 0.29) is 12.1 Å². The van der Waals surface area contributed by atoms with Crippen molar-refractivity contribution in [2.24, 2.45) is 0 Å². The largest absolute Gasteiger partial charge is 0.416 e. The van der Waals surface area contributed by atoms with Crippen LogP contribution in [-0.2, 0) is 11.8 Å². The van der Waals surface area contributed by atoms with Gasteiger partial charge in [-0.1, -0.05) is 24.3 Å². The van der Waals surface area contributed by atoms with Crippen LogP contribution in [0.1, 0.15) is 42.5 Å². The fourth-order valence-corrected chi connectivity index (χ4v) is 3.98. The summed E-state index contributed by atoms with van der Waals surface area (Å²) in [6.45, 7) is 1.97. The molecule has 1 aromatic heterocycles. The van der Waals surface area contributed by atoms with Crippen molar-refractivity contribution in [1.29, 1.82) is 0 Å². The maximum absolute atomic E-state index is 12.8. The first-order chi connectivity index (χ1) is 12.7. The molecule has 3 aromatic rings. The van der Waals surface area contributed by atoms with Gasteiger partial charge in [0.2, 0.25) is 0 Å². The summed E-state index contributed by atoms with van der Waals surface area (Å²) < 4.78 is 38.5. The molecule has 4 rings (SSSR count). The van der Waals surface area contributed by atoms with Crippen LogP contribution in [-0.4, -0.2) is 21.3 Å². The van der Waals surface area contributed by atoms with Gasteiger partial charge in [0.1, 0.15) is 0 Å². The lowest BCUT2D eigenvalue weighted by molar-refractivity contribution is -0.137. The van der Waals surface area contributed by atoms with Crippen LogP contribution < -0.4 is 5.32 Å². The summed E-state index contributed by atoms with van der Waals surface area (Å²) >= 11 is 0. The van der Waals surface area contributed by atoms with Crippen molar-refractivity contribution in [2.75, 3.05) is 0 Å². The van der Waals surface area contributed by atoms with Crippen molar-refractivity contribution in [3.05, 3.63) is 65.4 Å². The first-order valence-electron chi connectivity index (χ1n) is 8.84. The molecule has 0 amide bonds. The maximum atomic E-state index is 12.8. The van der Waals surface area contributed by atoms with E-state index in [1.54, 1.807) is 6.20 Å². The molecule has 0 spiro atoms. The summed E-state index contributed by atoms with van der Waals surface area (Å²) in [5.41, 5.74) is 0.520. The molecule has 1 saturated heterocycles. The van der Waals surface area contributed by atoms with Gasteiger partial charge < -0.3 is 10.4 Å². The standard InChI is InChI=1S/C20H20F3N3O/c1-12-9-19(27,15-4-6-16(7-5-15)20(21,22)23)10-18(25-12)13-2-3-14-11-24-26-17(14)8-13/h2-8,11-12,18,25,27H,9-10H2,1H3,(H,24,26)/t12-,18-,19?/m0/s1. The highest BCUT2D eigenvalue weighted by molar-refractivity contribution is 5.78. The third-order valence-corrected chi connectivity index (χ3v) is 5.29. The van der Waals surface area contributed by atoms with E-state index in [0.29, 0.717) is 18.4 Å². The summed E-state index contributed by atoms with van der Waals surface area (Å²) in [6, 6.07) is 10.7. The van der Waals surface area contributed by atoms with Gasteiger partial charge in [-0.15, -0.1) is 0 Å². The second-order valence-electron chi connectivity index (χ2n) is 7.35. The third kappa shape index (κ3) is 3.44. The van der Waals surface area contributed by atoms with Crippen LogP contribution in [0.5, 0.6) is 0 Å². The van der Waals surface area contributed by atoms with Crippen LogP contribution in [0.15, 0.2) is 48.7 Å². The summed E-state index contributed by atoms with van der Waals surface area (Å²) in [6.07, 6.45) is -1.83. The normalized spacial score (nSPS) is 26.4. The predicted molar refractivity (Wildman–Crippen MR) is 96.0 cm³/mol.